The van der Waals surface area contributed by atoms with Crippen LogP contribution in [0.4, 0.5) is 0 Å². The molecule has 0 aromatic rings. The van der Waals surface area contributed by atoms with Crippen LogP contribution in [0.25, 0.3) is 0 Å². The molecule has 19 heteroatoms. The molecule has 4 saturated heterocycles. The molecule has 64 heavy (non-hydrogen) atoms. The van der Waals surface area contributed by atoms with E-state index in [-0.39, 0.29) is 42.3 Å². The Bertz CT molecular complexity index is 1660. The maximum Gasteiger partial charge on any atom is 0.187 e. The summed E-state index contributed by atoms with van der Waals surface area (Å²) in [5.74, 6) is -1.61. The molecule has 0 aromatic heterocycles. The topological polar surface area (TPSA) is 307 Å². The van der Waals surface area contributed by atoms with Gasteiger partial charge in [-0.1, -0.05) is 39.3 Å². The molecule has 8 aliphatic rings. The summed E-state index contributed by atoms with van der Waals surface area (Å²) in [6.07, 6.45) is -13.8. The second kappa shape index (κ2) is 18.4. The first-order valence-electron chi connectivity index (χ1n) is 23.5. The molecule has 0 amide bonds. The molecule has 4 heterocycles. The van der Waals surface area contributed by atoms with Crippen molar-refractivity contribution in [2.45, 2.75) is 208 Å². The zero-order chi connectivity index (χ0) is 46.4. The molecule has 19 nitrogen and oxygen atoms in total. The van der Waals surface area contributed by atoms with E-state index < -0.39 is 134 Å². The van der Waals surface area contributed by atoms with Crippen LogP contribution < -0.4 is 0 Å². The average Bonchev–Trinajstić information content (AvgIpc) is 3.62. The maximum atomic E-state index is 12.8. The fourth-order valence-corrected chi connectivity index (χ4v) is 13.4. The summed E-state index contributed by atoms with van der Waals surface area (Å²) in [4.78, 5) is 0. The third kappa shape index (κ3) is 8.06. The second-order valence-electron chi connectivity index (χ2n) is 21.1. The number of rotatable bonds is 12. The van der Waals surface area contributed by atoms with Crippen LogP contribution in [0.1, 0.15) is 92.4 Å². The van der Waals surface area contributed by atoms with E-state index in [1.807, 2.05) is 13.8 Å². The zero-order valence-electron chi connectivity index (χ0n) is 37.5. The summed E-state index contributed by atoms with van der Waals surface area (Å²) in [6, 6.07) is 0. The van der Waals surface area contributed by atoms with Crippen molar-refractivity contribution in [3.63, 3.8) is 0 Å². The highest BCUT2D eigenvalue weighted by Gasteiger charge is 2.75. The highest BCUT2D eigenvalue weighted by atomic mass is 16.8. The number of aliphatic hydroxyl groups excluding tert-OH is 10. The summed E-state index contributed by atoms with van der Waals surface area (Å²) in [7, 11) is 0. The summed E-state index contributed by atoms with van der Waals surface area (Å²) < 4.78 is 41.8. The van der Waals surface area contributed by atoms with Crippen LogP contribution in [-0.2, 0) is 33.2 Å². The molecular formula is C45H74O19. The van der Waals surface area contributed by atoms with Crippen molar-refractivity contribution in [3.05, 3.63) is 11.6 Å². The van der Waals surface area contributed by atoms with Crippen LogP contribution in [0.5, 0.6) is 0 Å². The van der Waals surface area contributed by atoms with E-state index in [4.69, 9.17) is 33.2 Å². The van der Waals surface area contributed by atoms with E-state index in [1.54, 1.807) is 0 Å². The third-order valence-corrected chi connectivity index (χ3v) is 17.6. The van der Waals surface area contributed by atoms with E-state index in [0.717, 1.165) is 25.7 Å². The van der Waals surface area contributed by atoms with Crippen LogP contribution in [-0.4, -0.2) is 197 Å². The molecule has 0 spiro atoms. The molecule has 3 saturated carbocycles. The van der Waals surface area contributed by atoms with Crippen LogP contribution in [0.2, 0.25) is 0 Å². The van der Waals surface area contributed by atoms with Crippen molar-refractivity contribution in [3.8, 4) is 0 Å². The molecule has 4 aliphatic carbocycles. The van der Waals surface area contributed by atoms with E-state index >= 15 is 0 Å². The van der Waals surface area contributed by atoms with Crippen LogP contribution in [0, 0.1) is 40.4 Å². The number of allylic oxidation sites excluding steroid dienone is 1. The van der Waals surface area contributed by atoms with Crippen molar-refractivity contribution >= 4 is 0 Å². The van der Waals surface area contributed by atoms with Gasteiger partial charge in [-0.3, -0.25) is 0 Å². The van der Waals surface area contributed by atoms with Gasteiger partial charge in [0.2, 0.25) is 0 Å². The molecular weight excluding hydrogens is 844 g/mol. The Hall–Kier alpha value is -1.02. The summed E-state index contributed by atoms with van der Waals surface area (Å²) in [5, 5.41) is 128. The van der Waals surface area contributed by atoms with Crippen molar-refractivity contribution in [2.75, 3.05) is 19.8 Å². The fourth-order valence-electron chi connectivity index (χ4n) is 13.4. The summed E-state index contributed by atoms with van der Waals surface area (Å²) in [5.41, 5.74) is -0.710. The lowest BCUT2D eigenvalue weighted by molar-refractivity contribution is -0.369. The van der Waals surface area contributed by atoms with Gasteiger partial charge in [0.1, 0.15) is 72.7 Å². The first kappa shape index (κ1) is 49.4. The molecule has 26 atom stereocenters. The van der Waals surface area contributed by atoms with E-state index in [1.165, 1.54) is 12.5 Å². The molecule has 368 valence electrons. The quantitative estimate of drug-likeness (QED) is 0.0970. The Balaban J connectivity index is 0.901. The minimum atomic E-state index is -1.67. The minimum absolute atomic E-state index is 0.101. The lowest BCUT2D eigenvalue weighted by atomic mass is 9.46. The predicted molar refractivity (Wildman–Crippen MR) is 219 cm³/mol. The Morgan fingerprint density at radius 1 is 0.734 bits per heavy atom. The van der Waals surface area contributed by atoms with E-state index in [9.17, 15) is 61.3 Å². The average molecular weight is 919 g/mol. The van der Waals surface area contributed by atoms with Crippen molar-refractivity contribution < 1.29 is 94.4 Å². The van der Waals surface area contributed by atoms with Gasteiger partial charge in [-0.25, -0.2) is 0 Å². The van der Waals surface area contributed by atoms with Gasteiger partial charge in [0.05, 0.1) is 38.1 Å². The van der Waals surface area contributed by atoms with Crippen LogP contribution in [0.15, 0.2) is 11.6 Å². The lowest BCUT2D eigenvalue weighted by Crippen LogP contribution is -2.64. The van der Waals surface area contributed by atoms with Crippen molar-refractivity contribution in [1.29, 1.82) is 0 Å². The number of ether oxygens (including phenoxy) is 7. The molecule has 0 radical (unpaired) electrons. The summed E-state index contributed by atoms with van der Waals surface area (Å²) in [6.45, 7) is 8.70. The number of hydrogen-bond acceptors (Lipinski definition) is 19. The highest BCUT2D eigenvalue weighted by molar-refractivity contribution is 5.29. The Morgan fingerprint density at radius 3 is 2.06 bits per heavy atom. The van der Waals surface area contributed by atoms with Gasteiger partial charge in [0.25, 0.3) is 0 Å². The monoisotopic (exact) mass is 918 g/mol. The van der Waals surface area contributed by atoms with Crippen LogP contribution in [0.3, 0.4) is 0 Å². The zero-order valence-corrected chi connectivity index (χ0v) is 37.5. The Labute approximate surface area is 373 Å². The van der Waals surface area contributed by atoms with Gasteiger partial charge in [0, 0.05) is 17.8 Å². The third-order valence-electron chi connectivity index (χ3n) is 17.6. The van der Waals surface area contributed by atoms with E-state index in [0.29, 0.717) is 31.6 Å². The SMILES string of the molecule is C[C@H](CC[C@]1(O)O[C@H]2C[C@H]3[C@@H]4CC=C5C[C@@H](O[C@@H]6O[C@H](CO)[C@@H](O)[C@H](O)[C@H]6O[C@@H]6O[C@@H](C)[C@H](O)[C@@H](O)[C@H]6O)CC[C@]5(C)[C@H]4CC[C@]3(C)[C@@]2(O)[C@@H]1C)CO[C@@H]1O[C@H](CO)[C@@H](O)[C@H](O)[C@H]1O. The van der Waals surface area contributed by atoms with Gasteiger partial charge in [-0.15, -0.1) is 0 Å². The highest BCUT2D eigenvalue weighted by Crippen LogP contribution is 2.71. The van der Waals surface area contributed by atoms with Gasteiger partial charge in [-0.2, -0.15) is 0 Å². The largest absolute Gasteiger partial charge is 0.394 e. The van der Waals surface area contributed by atoms with Crippen LogP contribution >= 0.6 is 0 Å². The fraction of sp³-hybridized carbons (Fsp3) is 0.956. The molecule has 8 rings (SSSR count). The molecule has 4 aliphatic heterocycles. The molecule has 0 aromatic carbocycles. The predicted octanol–water partition coefficient (Wildman–Crippen LogP) is -1.72. The number of fused-ring (bicyclic) bond motifs is 7. The normalized spacial score (nSPS) is 55.5. The van der Waals surface area contributed by atoms with E-state index in [2.05, 4.69) is 19.9 Å². The number of aliphatic hydroxyl groups is 12. The minimum Gasteiger partial charge on any atom is -0.394 e. The van der Waals surface area contributed by atoms with Gasteiger partial charge < -0.3 is 94.4 Å². The standard InChI is InChI=1S/C45H74O19/c1-19(18-58-39-36(54)34(52)31(49)27(16-46)61-39)8-13-44(56)21(3)45(57)29(64-44)15-26-24-7-6-22-14-23(9-11-42(22,4)25(24)10-12-43(26,45)5)60-41-38(35(53)32(50)28(17-47)62-41)63-40-37(55)33(51)30(48)20(2)59-40/h6,19-21,23-41,46-57H,7-18H2,1-5H3/t19-,20+,21-,23+,24-,25+,26+,27-,28-,29+,30+,31-,32-,33-,34+,35+,36-,37-,38-,39-,40+,41-,42+,43+,44+,45-/m1/s1. The first-order valence-corrected chi connectivity index (χ1v) is 23.5. The molecule has 0 unspecified atom stereocenters. The molecule has 0 bridgehead atoms. The lowest BCUT2D eigenvalue weighted by Gasteiger charge is -2.59. The number of hydrogen-bond donors (Lipinski definition) is 12. The molecule has 12 N–H and O–H groups in total. The Morgan fingerprint density at radius 2 is 1.38 bits per heavy atom. The van der Waals surface area contributed by atoms with Crippen molar-refractivity contribution in [1.82, 2.24) is 0 Å². The molecule has 7 fully saturated rings. The maximum absolute atomic E-state index is 12.8. The second-order valence-corrected chi connectivity index (χ2v) is 21.1. The smallest absolute Gasteiger partial charge is 0.187 e. The van der Waals surface area contributed by atoms with Crippen molar-refractivity contribution in [2.24, 2.45) is 40.4 Å². The summed E-state index contributed by atoms with van der Waals surface area (Å²) >= 11 is 0. The Kier molecular flexibility index (Phi) is 14.2. The van der Waals surface area contributed by atoms with Gasteiger partial charge in [0.15, 0.2) is 24.7 Å². The van der Waals surface area contributed by atoms with Gasteiger partial charge >= 0.3 is 0 Å². The first-order chi connectivity index (χ1) is 30.1. The van der Waals surface area contributed by atoms with Gasteiger partial charge in [-0.05, 0) is 87.4 Å².